The first-order valence-corrected chi connectivity index (χ1v) is 7.96. The number of nitrogens with zero attached hydrogens (tertiary/aromatic N) is 1. The highest BCUT2D eigenvalue weighted by Gasteiger charge is 2.39. The van der Waals surface area contributed by atoms with E-state index in [9.17, 15) is 9.18 Å². The van der Waals surface area contributed by atoms with Gasteiger partial charge in [-0.3, -0.25) is 4.79 Å². The number of hydrogen-bond donors (Lipinski definition) is 1. The van der Waals surface area contributed by atoms with Crippen molar-refractivity contribution in [2.75, 3.05) is 13.1 Å². The third-order valence-electron chi connectivity index (χ3n) is 5.05. The molecule has 114 valence electrons. The maximum atomic E-state index is 13.4. The van der Waals surface area contributed by atoms with E-state index in [0.717, 1.165) is 44.2 Å². The first-order chi connectivity index (χ1) is 10.2. The van der Waals surface area contributed by atoms with Gasteiger partial charge in [0.15, 0.2) is 0 Å². The topological polar surface area (TPSA) is 46.3 Å². The van der Waals surface area contributed by atoms with E-state index in [4.69, 9.17) is 5.73 Å². The number of hydrogen-bond acceptors (Lipinski definition) is 2. The fourth-order valence-electron chi connectivity index (χ4n) is 3.95. The van der Waals surface area contributed by atoms with Crippen LogP contribution in [-0.4, -0.2) is 23.9 Å². The SMILES string of the molecule is NC[C@H]1CCC[C@H]1C(=O)N1CCCC1c1cccc(F)c1. The van der Waals surface area contributed by atoms with Crippen molar-refractivity contribution in [1.82, 2.24) is 4.90 Å². The molecule has 3 atom stereocenters. The molecule has 21 heavy (non-hydrogen) atoms. The molecule has 0 radical (unpaired) electrons. The molecule has 1 aromatic rings. The summed E-state index contributed by atoms with van der Waals surface area (Å²) in [5, 5.41) is 0. The summed E-state index contributed by atoms with van der Waals surface area (Å²) in [6.45, 7) is 1.38. The normalized spacial score (nSPS) is 29.0. The van der Waals surface area contributed by atoms with E-state index < -0.39 is 0 Å². The Morgan fingerprint density at radius 2 is 2.14 bits per heavy atom. The number of nitrogens with two attached hydrogens (primary N) is 1. The molecule has 2 aliphatic rings. The molecule has 1 heterocycles. The predicted molar refractivity (Wildman–Crippen MR) is 80.0 cm³/mol. The van der Waals surface area contributed by atoms with Crippen LogP contribution in [0, 0.1) is 17.7 Å². The van der Waals surface area contributed by atoms with Gasteiger partial charge in [0.1, 0.15) is 5.82 Å². The van der Waals surface area contributed by atoms with Crippen molar-refractivity contribution in [2.45, 2.75) is 38.1 Å². The van der Waals surface area contributed by atoms with Crippen molar-refractivity contribution < 1.29 is 9.18 Å². The number of halogens is 1. The Balaban J connectivity index is 1.79. The van der Waals surface area contributed by atoms with Crippen molar-refractivity contribution in [1.29, 1.82) is 0 Å². The third-order valence-corrected chi connectivity index (χ3v) is 5.05. The lowest BCUT2D eigenvalue weighted by molar-refractivity contribution is -0.137. The molecule has 1 amide bonds. The minimum absolute atomic E-state index is 0.0345. The highest BCUT2D eigenvalue weighted by atomic mass is 19.1. The molecular formula is C17H23FN2O. The van der Waals surface area contributed by atoms with Crippen LogP contribution in [0.5, 0.6) is 0 Å². The highest BCUT2D eigenvalue weighted by molar-refractivity contribution is 5.80. The molecule has 1 saturated heterocycles. The molecule has 1 aliphatic carbocycles. The Kier molecular flexibility index (Phi) is 4.24. The Labute approximate surface area is 125 Å². The van der Waals surface area contributed by atoms with Crippen molar-refractivity contribution in [2.24, 2.45) is 17.6 Å². The minimum atomic E-state index is -0.229. The Morgan fingerprint density at radius 3 is 2.90 bits per heavy atom. The number of benzene rings is 1. The van der Waals surface area contributed by atoms with Gasteiger partial charge < -0.3 is 10.6 Å². The van der Waals surface area contributed by atoms with E-state index in [1.54, 1.807) is 12.1 Å². The number of carbonyl (C=O) groups excluding carboxylic acids is 1. The molecule has 0 bridgehead atoms. The number of amides is 1. The monoisotopic (exact) mass is 290 g/mol. The van der Waals surface area contributed by atoms with Gasteiger partial charge in [0.25, 0.3) is 0 Å². The lowest BCUT2D eigenvalue weighted by Crippen LogP contribution is -2.38. The summed E-state index contributed by atoms with van der Waals surface area (Å²) in [5.41, 5.74) is 6.73. The van der Waals surface area contributed by atoms with Gasteiger partial charge in [0.05, 0.1) is 6.04 Å². The number of likely N-dealkylation sites (tertiary alicyclic amines) is 1. The van der Waals surface area contributed by atoms with Crippen LogP contribution in [0.4, 0.5) is 4.39 Å². The summed E-state index contributed by atoms with van der Waals surface area (Å²) in [6, 6.07) is 6.70. The van der Waals surface area contributed by atoms with Crippen LogP contribution in [0.2, 0.25) is 0 Å². The molecule has 0 aromatic heterocycles. The zero-order valence-corrected chi connectivity index (χ0v) is 12.3. The molecule has 1 unspecified atom stereocenters. The number of rotatable bonds is 3. The molecule has 4 heteroatoms. The van der Waals surface area contributed by atoms with Crippen LogP contribution in [0.15, 0.2) is 24.3 Å². The van der Waals surface area contributed by atoms with Gasteiger partial charge in [0.2, 0.25) is 5.91 Å². The van der Waals surface area contributed by atoms with Crippen LogP contribution in [-0.2, 0) is 4.79 Å². The molecule has 3 rings (SSSR count). The van der Waals surface area contributed by atoms with Crippen LogP contribution in [0.3, 0.4) is 0 Å². The summed E-state index contributed by atoms with van der Waals surface area (Å²) in [4.78, 5) is 14.8. The van der Waals surface area contributed by atoms with Gasteiger partial charge in [-0.15, -0.1) is 0 Å². The Bertz CT molecular complexity index is 519. The van der Waals surface area contributed by atoms with E-state index in [2.05, 4.69) is 0 Å². The maximum absolute atomic E-state index is 13.4. The molecular weight excluding hydrogens is 267 g/mol. The van der Waals surface area contributed by atoms with Crippen molar-refractivity contribution in [3.8, 4) is 0 Å². The highest BCUT2D eigenvalue weighted by Crippen LogP contribution is 2.38. The molecule has 1 aromatic carbocycles. The molecule has 0 spiro atoms. The number of carbonyl (C=O) groups is 1. The van der Waals surface area contributed by atoms with Crippen molar-refractivity contribution in [3.63, 3.8) is 0 Å². The smallest absolute Gasteiger partial charge is 0.226 e. The summed E-state index contributed by atoms with van der Waals surface area (Å²) in [6.07, 6.45) is 5.03. The fourth-order valence-corrected chi connectivity index (χ4v) is 3.95. The quantitative estimate of drug-likeness (QED) is 0.930. The summed E-state index contributed by atoms with van der Waals surface area (Å²) < 4.78 is 13.4. The van der Waals surface area contributed by atoms with Gasteiger partial charge in [-0.1, -0.05) is 18.6 Å². The van der Waals surface area contributed by atoms with Gasteiger partial charge in [0, 0.05) is 12.5 Å². The summed E-state index contributed by atoms with van der Waals surface area (Å²) in [5.74, 6) is 0.401. The van der Waals surface area contributed by atoms with Crippen LogP contribution < -0.4 is 5.73 Å². The van der Waals surface area contributed by atoms with Crippen molar-refractivity contribution in [3.05, 3.63) is 35.6 Å². The zero-order valence-electron chi connectivity index (χ0n) is 12.3. The fraction of sp³-hybridized carbons (Fsp3) is 0.588. The minimum Gasteiger partial charge on any atom is -0.335 e. The first kappa shape index (κ1) is 14.5. The second-order valence-corrected chi connectivity index (χ2v) is 6.28. The van der Waals surface area contributed by atoms with Crippen LogP contribution >= 0.6 is 0 Å². The Morgan fingerprint density at radius 1 is 1.29 bits per heavy atom. The molecule has 2 N–H and O–H groups in total. The molecule has 1 saturated carbocycles. The summed E-state index contributed by atoms with van der Waals surface area (Å²) >= 11 is 0. The van der Waals surface area contributed by atoms with Gasteiger partial charge >= 0.3 is 0 Å². The largest absolute Gasteiger partial charge is 0.335 e. The second kappa shape index (κ2) is 6.14. The average molecular weight is 290 g/mol. The lowest BCUT2D eigenvalue weighted by Gasteiger charge is -2.29. The van der Waals surface area contributed by atoms with E-state index in [1.165, 1.54) is 6.07 Å². The Hall–Kier alpha value is -1.42. The zero-order chi connectivity index (χ0) is 14.8. The van der Waals surface area contributed by atoms with Gasteiger partial charge in [-0.25, -0.2) is 4.39 Å². The van der Waals surface area contributed by atoms with Gasteiger partial charge in [-0.05, 0) is 55.8 Å². The predicted octanol–water partition coefficient (Wildman–Crippen LogP) is 2.86. The lowest BCUT2D eigenvalue weighted by atomic mass is 9.94. The van der Waals surface area contributed by atoms with E-state index in [1.807, 2.05) is 11.0 Å². The van der Waals surface area contributed by atoms with Gasteiger partial charge in [-0.2, -0.15) is 0 Å². The summed E-state index contributed by atoms with van der Waals surface area (Å²) in [7, 11) is 0. The van der Waals surface area contributed by atoms with Crippen LogP contribution in [0.1, 0.15) is 43.7 Å². The standard InChI is InChI=1S/C17H23FN2O/c18-14-6-1-4-12(10-14)16-8-3-9-20(16)17(21)15-7-2-5-13(15)11-19/h1,4,6,10,13,15-16H,2-3,5,7-9,11,19H2/t13-,15-,16?/m1/s1. The molecule has 2 fully saturated rings. The van der Waals surface area contributed by atoms with E-state index in [0.29, 0.717) is 12.5 Å². The average Bonchev–Trinajstić information content (AvgIpc) is 3.15. The van der Waals surface area contributed by atoms with E-state index in [-0.39, 0.29) is 23.7 Å². The molecule has 3 nitrogen and oxygen atoms in total. The third kappa shape index (κ3) is 2.82. The maximum Gasteiger partial charge on any atom is 0.226 e. The van der Waals surface area contributed by atoms with Crippen molar-refractivity contribution >= 4 is 5.91 Å². The van der Waals surface area contributed by atoms with Crippen LogP contribution in [0.25, 0.3) is 0 Å². The van der Waals surface area contributed by atoms with E-state index >= 15 is 0 Å². The first-order valence-electron chi connectivity index (χ1n) is 7.96. The second-order valence-electron chi connectivity index (χ2n) is 6.28. The molecule has 1 aliphatic heterocycles.